The standard InChI is InChI=1S/C13H7FN2O4S2/c14-5-1-2-7-6(3-5)9(11(19)15-7)10-12(20)16(4-8(17)18)13(21)22-10/h1-3H,4H2,(H,15,19)(H,17,18). The number of rotatable bonds is 2. The van der Waals surface area contributed by atoms with E-state index in [0.717, 1.165) is 22.7 Å². The van der Waals surface area contributed by atoms with Crippen molar-refractivity contribution in [1.82, 2.24) is 4.90 Å². The molecule has 0 saturated carbocycles. The smallest absolute Gasteiger partial charge is 0.323 e. The van der Waals surface area contributed by atoms with Crippen molar-refractivity contribution in [3.8, 4) is 0 Å². The summed E-state index contributed by atoms with van der Waals surface area (Å²) in [5, 5.41) is 11.3. The van der Waals surface area contributed by atoms with Gasteiger partial charge in [-0.1, -0.05) is 24.0 Å². The number of thioether (sulfide) groups is 1. The molecule has 1 fully saturated rings. The molecule has 22 heavy (non-hydrogen) atoms. The van der Waals surface area contributed by atoms with Crippen LogP contribution in [0, 0.1) is 5.82 Å². The first-order valence-corrected chi connectivity index (χ1v) is 7.22. The Bertz CT molecular complexity index is 790. The molecule has 112 valence electrons. The Hall–Kier alpha value is -2.26. The van der Waals surface area contributed by atoms with E-state index in [1.807, 2.05) is 0 Å². The van der Waals surface area contributed by atoms with Crippen LogP contribution < -0.4 is 5.32 Å². The van der Waals surface area contributed by atoms with Gasteiger partial charge < -0.3 is 10.4 Å². The molecule has 0 bridgehead atoms. The molecule has 2 heterocycles. The summed E-state index contributed by atoms with van der Waals surface area (Å²) < 4.78 is 13.5. The quantitative estimate of drug-likeness (QED) is 0.627. The van der Waals surface area contributed by atoms with Crippen LogP contribution in [-0.4, -0.2) is 38.7 Å². The minimum absolute atomic E-state index is 0.00750. The number of fused-ring (bicyclic) bond motifs is 1. The lowest BCUT2D eigenvalue weighted by molar-refractivity contribution is -0.140. The number of hydrogen-bond acceptors (Lipinski definition) is 5. The third-order valence-corrected chi connectivity index (χ3v) is 4.54. The zero-order chi connectivity index (χ0) is 16.0. The molecule has 0 atom stereocenters. The van der Waals surface area contributed by atoms with Crippen LogP contribution in [0.3, 0.4) is 0 Å². The molecule has 9 heteroatoms. The number of nitrogens with zero attached hydrogens (tertiary/aromatic N) is 1. The molecule has 1 aromatic rings. The lowest BCUT2D eigenvalue weighted by Gasteiger charge is -2.10. The number of carbonyl (C=O) groups excluding carboxylic acids is 2. The minimum Gasteiger partial charge on any atom is -0.480 e. The molecule has 2 amide bonds. The largest absolute Gasteiger partial charge is 0.480 e. The van der Waals surface area contributed by atoms with Crippen molar-refractivity contribution in [3.05, 3.63) is 34.5 Å². The molecule has 0 aromatic heterocycles. The average molecular weight is 338 g/mol. The van der Waals surface area contributed by atoms with Crippen LogP contribution in [0.2, 0.25) is 0 Å². The second-order valence-electron chi connectivity index (χ2n) is 4.50. The van der Waals surface area contributed by atoms with Crippen LogP contribution in [0.25, 0.3) is 5.57 Å². The topological polar surface area (TPSA) is 86.7 Å². The van der Waals surface area contributed by atoms with E-state index in [2.05, 4.69) is 5.32 Å². The lowest BCUT2D eigenvalue weighted by Crippen LogP contribution is -2.33. The van der Waals surface area contributed by atoms with Crippen LogP contribution in [0.4, 0.5) is 10.1 Å². The monoisotopic (exact) mass is 338 g/mol. The second-order valence-corrected chi connectivity index (χ2v) is 6.15. The Morgan fingerprint density at radius 1 is 1.41 bits per heavy atom. The zero-order valence-corrected chi connectivity index (χ0v) is 12.4. The maximum Gasteiger partial charge on any atom is 0.323 e. The first-order valence-electron chi connectivity index (χ1n) is 5.99. The second kappa shape index (κ2) is 5.18. The number of carboxylic acids is 1. The Kier molecular flexibility index (Phi) is 3.45. The molecule has 2 aliphatic rings. The fourth-order valence-electron chi connectivity index (χ4n) is 2.19. The van der Waals surface area contributed by atoms with Gasteiger partial charge in [0.25, 0.3) is 11.8 Å². The highest BCUT2D eigenvalue weighted by molar-refractivity contribution is 8.26. The van der Waals surface area contributed by atoms with Gasteiger partial charge in [0.1, 0.15) is 16.7 Å². The fourth-order valence-corrected chi connectivity index (χ4v) is 3.52. The van der Waals surface area contributed by atoms with Gasteiger partial charge in [-0.2, -0.15) is 0 Å². The summed E-state index contributed by atoms with van der Waals surface area (Å²) in [5.74, 6) is -2.98. The fraction of sp³-hybridized carbons (Fsp3) is 0.0769. The summed E-state index contributed by atoms with van der Waals surface area (Å²) in [6.45, 7) is -0.584. The van der Waals surface area contributed by atoms with E-state index < -0.39 is 30.1 Å². The first-order chi connectivity index (χ1) is 10.4. The summed E-state index contributed by atoms with van der Waals surface area (Å²) in [4.78, 5) is 36.1. The van der Waals surface area contributed by atoms with Crippen molar-refractivity contribution in [2.45, 2.75) is 0 Å². The summed E-state index contributed by atoms with van der Waals surface area (Å²) in [6.07, 6.45) is 0. The molecule has 2 N–H and O–H groups in total. The van der Waals surface area contributed by atoms with Crippen molar-refractivity contribution >= 4 is 57.3 Å². The van der Waals surface area contributed by atoms with Crippen molar-refractivity contribution in [2.75, 3.05) is 11.9 Å². The van der Waals surface area contributed by atoms with Gasteiger partial charge in [0, 0.05) is 11.3 Å². The van der Waals surface area contributed by atoms with E-state index in [9.17, 15) is 18.8 Å². The van der Waals surface area contributed by atoms with Crippen molar-refractivity contribution in [1.29, 1.82) is 0 Å². The molecule has 1 saturated heterocycles. The normalized spacial score (nSPS) is 20.4. The van der Waals surface area contributed by atoms with Gasteiger partial charge in [0.2, 0.25) is 0 Å². The lowest BCUT2D eigenvalue weighted by atomic mass is 10.1. The molecule has 3 rings (SSSR count). The number of nitrogens with one attached hydrogen (secondary N) is 1. The Balaban J connectivity index is 2.10. The van der Waals surface area contributed by atoms with E-state index in [4.69, 9.17) is 17.3 Å². The number of halogens is 1. The number of thiocarbonyl (C=S) groups is 1. The average Bonchev–Trinajstić information content (AvgIpc) is 2.88. The predicted octanol–water partition coefficient (Wildman–Crippen LogP) is 1.43. The zero-order valence-electron chi connectivity index (χ0n) is 10.8. The van der Waals surface area contributed by atoms with Gasteiger partial charge in [-0.3, -0.25) is 19.3 Å². The van der Waals surface area contributed by atoms with Crippen molar-refractivity contribution in [3.63, 3.8) is 0 Å². The highest BCUT2D eigenvalue weighted by Gasteiger charge is 2.40. The third-order valence-electron chi connectivity index (χ3n) is 3.10. The van der Waals surface area contributed by atoms with E-state index in [1.54, 1.807) is 0 Å². The molecule has 0 radical (unpaired) electrons. The summed E-state index contributed by atoms with van der Waals surface area (Å²) >= 11 is 5.81. The van der Waals surface area contributed by atoms with Crippen LogP contribution in [0.15, 0.2) is 23.1 Å². The van der Waals surface area contributed by atoms with Gasteiger partial charge in [0.05, 0.1) is 10.5 Å². The number of carboxylic acid groups (broad SMARTS) is 1. The van der Waals surface area contributed by atoms with Gasteiger partial charge in [0.15, 0.2) is 0 Å². The Labute approximate surface area is 133 Å². The molecule has 0 aliphatic carbocycles. The number of hydrogen-bond donors (Lipinski definition) is 2. The van der Waals surface area contributed by atoms with E-state index >= 15 is 0 Å². The molecule has 2 aliphatic heterocycles. The summed E-state index contributed by atoms with van der Waals surface area (Å²) in [5.41, 5.74) is 0.672. The predicted molar refractivity (Wildman–Crippen MR) is 81.5 cm³/mol. The van der Waals surface area contributed by atoms with E-state index in [0.29, 0.717) is 5.69 Å². The molecular formula is C13H7FN2O4S2. The highest BCUT2D eigenvalue weighted by Crippen LogP contribution is 2.42. The molecular weight excluding hydrogens is 331 g/mol. The van der Waals surface area contributed by atoms with Crippen molar-refractivity contribution < 1.29 is 23.9 Å². The Morgan fingerprint density at radius 3 is 2.82 bits per heavy atom. The number of aliphatic carboxylic acids is 1. The van der Waals surface area contributed by atoms with Gasteiger partial charge in [-0.05, 0) is 18.2 Å². The summed E-state index contributed by atoms with van der Waals surface area (Å²) in [6, 6.07) is 3.73. The van der Waals surface area contributed by atoms with Crippen LogP contribution >= 0.6 is 24.0 Å². The van der Waals surface area contributed by atoms with Crippen LogP contribution in [0.5, 0.6) is 0 Å². The number of amides is 2. The first kappa shape index (κ1) is 14.7. The summed E-state index contributed by atoms with van der Waals surface area (Å²) in [7, 11) is 0. The number of carbonyl (C=O) groups is 3. The molecule has 0 unspecified atom stereocenters. The molecule has 1 aromatic carbocycles. The Morgan fingerprint density at radius 2 is 2.14 bits per heavy atom. The van der Waals surface area contributed by atoms with Gasteiger partial charge in [-0.15, -0.1) is 0 Å². The maximum absolute atomic E-state index is 13.4. The van der Waals surface area contributed by atoms with Crippen molar-refractivity contribution in [2.24, 2.45) is 0 Å². The number of benzene rings is 1. The van der Waals surface area contributed by atoms with Crippen LogP contribution in [0.1, 0.15) is 5.56 Å². The highest BCUT2D eigenvalue weighted by atomic mass is 32.2. The minimum atomic E-state index is -1.22. The van der Waals surface area contributed by atoms with Gasteiger partial charge >= 0.3 is 5.97 Å². The number of anilines is 1. The van der Waals surface area contributed by atoms with E-state index in [1.165, 1.54) is 12.1 Å². The van der Waals surface area contributed by atoms with Crippen LogP contribution in [-0.2, 0) is 14.4 Å². The third kappa shape index (κ3) is 2.28. The molecule has 6 nitrogen and oxygen atoms in total. The van der Waals surface area contributed by atoms with Gasteiger partial charge in [-0.25, -0.2) is 4.39 Å². The van der Waals surface area contributed by atoms with E-state index in [-0.39, 0.29) is 20.4 Å². The molecule has 0 spiro atoms. The maximum atomic E-state index is 13.4. The SMILES string of the molecule is O=C(O)CN1C(=O)C(=C2C(=O)Nc3ccc(F)cc32)SC1=S.